The highest BCUT2D eigenvalue weighted by atomic mass is 16.5. The van der Waals surface area contributed by atoms with Crippen molar-refractivity contribution in [1.82, 2.24) is 15.1 Å². The van der Waals surface area contributed by atoms with Gasteiger partial charge in [0.25, 0.3) is 0 Å². The van der Waals surface area contributed by atoms with Gasteiger partial charge in [0.2, 0.25) is 5.91 Å². The van der Waals surface area contributed by atoms with Crippen molar-refractivity contribution in [2.24, 2.45) is 0 Å². The van der Waals surface area contributed by atoms with Crippen LogP contribution in [-0.2, 0) is 4.79 Å². The van der Waals surface area contributed by atoms with Crippen LogP contribution in [-0.4, -0.2) is 21.0 Å². The molecule has 0 bridgehead atoms. The second kappa shape index (κ2) is 6.39. The Balaban J connectivity index is 2.02. The molecule has 0 saturated heterocycles. The van der Waals surface area contributed by atoms with Gasteiger partial charge in [0.1, 0.15) is 11.6 Å². The third-order valence-electron chi connectivity index (χ3n) is 4.55. The van der Waals surface area contributed by atoms with Crippen LogP contribution in [0.2, 0.25) is 0 Å². The number of H-pyrrole nitrogens is 1. The number of aromatic nitrogens is 3. The van der Waals surface area contributed by atoms with Crippen LogP contribution in [0.15, 0.2) is 40.9 Å². The van der Waals surface area contributed by atoms with Crippen molar-refractivity contribution in [2.45, 2.75) is 27.7 Å². The van der Waals surface area contributed by atoms with Crippen LogP contribution in [0, 0.1) is 20.8 Å². The number of rotatable bonds is 3. The highest BCUT2D eigenvalue weighted by Crippen LogP contribution is 2.38. The van der Waals surface area contributed by atoms with Crippen LogP contribution >= 0.6 is 0 Å². The Morgan fingerprint density at radius 3 is 2.59 bits per heavy atom. The number of hydrogen-bond acceptors (Lipinski definition) is 4. The fourth-order valence-corrected chi connectivity index (χ4v) is 3.50. The van der Waals surface area contributed by atoms with Gasteiger partial charge in [-0.25, -0.2) is 4.98 Å². The lowest BCUT2D eigenvalue weighted by Crippen LogP contribution is -2.06. The number of carbonyl (C=O) groups excluding carboxylic acids is 1. The van der Waals surface area contributed by atoms with Crippen molar-refractivity contribution in [3.63, 3.8) is 0 Å². The van der Waals surface area contributed by atoms with E-state index >= 15 is 0 Å². The molecule has 0 aliphatic rings. The van der Waals surface area contributed by atoms with E-state index in [4.69, 9.17) is 4.52 Å². The number of nitrogens with zero attached hydrogens (tertiary/aromatic N) is 2. The van der Waals surface area contributed by atoms with Gasteiger partial charge in [0.05, 0.1) is 16.7 Å². The molecule has 4 aromatic rings. The van der Waals surface area contributed by atoms with Crippen molar-refractivity contribution in [2.75, 3.05) is 5.32 Å². The standard InChI is InChI=1S/C21H20N4O2/c1-11-20(12(2)27-25-11)15-9-17(21-19(10-15)22-13(3)23-21)16-7-5-6-8-18(16)24-14(4)26/h5-10H,1-4H3,(H,22,23)(H,24,26). The second-order valence-electron chi connectivity index (χ2n) is 6.67. The molecule has 1 amide bonds. The first-order valence-electron chi connectivity index (χ1n) is 8.74. The zero-order valence-electron chi connectivity index (χ0n) is 15.7. The molecule has 0 fully saturated rings. The minimum Gasteiger partial charge on any atom is -0.361 e. The Kier molecular flexibility index (Phi) is 4.03. The van der Waals surface area contributed by atoms with Crippen LogP contribution in [0.25, 0.3) is 33.3 Å². The summed E-state index contributed by atoms with van der Waals surface area (Å²) in [6.07, 6.45) is 0. The molecule has 6 nitrogen and oxygen atoms in total. The zero-order chi connectivity index (χ0) is 19.1. The monoisotopic (exact) mass is 360 g/mol. The number of hydrogen-bond donors (Lipinski definition) is 2. The SMILES string of the molecule is CC(=O)Nc1ccccc1-c1cc(-c2c(C)noc2C)cc2[nH]c(C)nc12. The van der Waals surface area contributed by atoms with Crippen molar-refractivity contribution in [3.05, 3.63) is 53.7 Å². The Labute approximate surface area is 156 Å². The Hall–Kier alpha value is -3.41. The Morgan fingerprint density at radius 1 is 1.11 bits per heavy atom. The molecule has 0 spiro atoms. The van der Waals surface area contributed by atoms with Crippen LogP contribution in [0.5, 0.6) is 0 Å². The van der Waals surface area contributed by atoms with Gasteiger partial charge in [-0.2, -0.15) is 0 Å². The van der Waals surface area contributed by atoms with Crippen LogP contribution in [0.4, 0.5) is 5.69 Å². The number of anilines is 1. The lowest BCUT2D eigenvalue weighted by atomic mass is 9.95. The number of para-hydroxylation sites is 1. The summed E-state index contributed by atoms with van der Waals surface area (Å²) < 4.78 is 5.36. The van der Waals surface area contributed by atoms with Crippen LogP contribution in [0.3, 0.4) is 0 Å². The van der Waals surface area contributed by atoms with E-state index in [0.717, 1.165) is 56.3 Å². The molecule has 0 unspecified atom stereocenters. The van der Waals surface area contributed by atoms with Crippen LogP contribution < -0.4 is 5.32 Å². The Bertz CT molecular complexity index is 1150. The fraction of sp³-hybridized carbons (Fsp3) is 0.190. The molecule has 0 aliphatic heterocycles. The molecule has 2 N–H and O–H groups in total. The number of carbonyl (C=O) groups is 1. The first-order chi connectivity index (χ1) is 12.9. The molecule has 0 aliphatic carbocycles. The van der Waals surface area contributed by atoms with Crippen molar-refractivity contribution in [1.29, 1.82) is 0 Å². The number of aryl methyl sites for hydroxylation is 3. The van der Waals surface area contributed by atoms with Gasteiger partial charge in [-0.05, 0) is 44.5 Å². The maximum atomic E-state index is 11.7. The van der Waals surface area contributed by atoms with Crippen molar-refractivity contribution >= 4 is 22.6 Å². The first kappa shape index (κ1) is 17.0. The molecule has 27 heavy (non-hydrogen) atoms. The third-order valence-corrected chi connectivity index (χ3v) is 4.55. The number of amides is 1. The van der Waals surface area contributed by atoms with Crippen molar-refractivity contribution < 1.29 is 9.32 Å². The fourth-order valence-electron chi connectivity index (χ4n) is 3.50. The van der Waals surface area contributed by atoms with Gasteiger partial charge in [0, 0.05) is 29.3 Å². The summed E-state index contributed by atoms with van der Waals surface area (Å²) in [6.45, 7) is 7.27. The summed E-state index contributed by atoms with van der Waals surface area (Å²) in [6, 6.07) is 11.9. The van der Waals surface area contributed by atoms with Crippen molar-refractivity contribution in [3.8, 4) is 22.3 Å². The summed E-state index contributed by atoms with van der Waals surface area (Å²) >= 11 is 0. The van der Waals surface area contributed by atoms with E-state index in [2.05, 4.69) is 32.6 Å². The number of benzene rings is 2. The normalized spacial score (nSPS) is 11.1. The Morgan fingerprint density at radius 2 is 1.89 bits per heavy atom. The second-order valence-corrected chi connectivity index (χ2v) is 6.67. The third kappa shape index (κ3) is 2.99. The molecular formula is C21H20N4O2. The van der Waals surface area contributed by atoms with E-state index in [1.165, 1.54) is 6.92 Å². The summed E-state index contributed by atoms with van der Waals surface area (Å²) in [7, 11) is 0. The minimum absolute atomic E-state index is 0.112. The molecule has 0 atom stereocenters. The van der Waals surface area contributed by atoms with Gasteiger partial charge in [-0.15, -0.1) is 0 Å². The van der Waals surface area contributed by atoms with E-state index in [1.54, 1.807) is 0 Å². The maximum Gasteiger partial charge on any atom is 0.221 e. The first-order valence-corrected chi connectivity index (χ1v) is 8.74. The molecular weight excluding hydrogens is 340 g/mol. The average molecular weight is 360 g/mol. The molecule has 2 aromatic heterocycles. The predicted molar refractivity (Wildman–Crippen MR) is 106 cm³/mol. The lowest BCUT2D eigenvalue weighted by Gasteiger charge is -2.12. The van der Waals surface area contributed by atoms with E-state index in [0.29, 0.717) is 0 Å². The summed E-state index contributed by atoms with van der Waals surface area (Å²) in [5.74, 6) is 1.49. The van der Waals surface area contributed by atoms with Crippen LogP contribution in [0.1, 0.15) is 24.2 Å². The number of aromatic amines is 1. The molecule has 6 heteroatoms. The summed E-state index contributed by atoms with van der Waals surface area (Å²) in [5, 5.41) is 6.99. The minimum atomic E-state index is -0.112. The van der Waals surface area contributed by atoms with Gasteiger partial charge >= 0.3 is 0 Å². The van der Waals surface area contributed by atoms with E-state index < -0.39 is 0 Å². The van der Waals surface area contributed by atoms with Gasteiger partial charge in [0.15, 0.2) is 0 Å². The molecule has 2 heterocycles. The quantitative estimate of drug-likeness (QED) is 0.551. The zero-order valence-corrected chi connectivity index (χ0v) is 15.7. The molecule has 0 radical (unpaired) electrons. The van der Waals surface area contributed by atoms with Gasteiger partial charge in [-0.1, -0.05) is 23.4 Å². The van der Waals surface area contributed by atoms with Gasteiger partial charge < -0.3 is 14.8 Å². The van der Waals surface area contributed by atoms with E-state index in [9.17, 15) is 4.79 Å². The average Bonchev–Trinajstić information content (AvgIpc) is 3.15. The number of fused-ring (bicyclic) bond motifs is 1. The highest BCUT2D eigenvalue weighted by molar-refractivity contribution is 6.02. The maximum absolute atomic E-state index is 11.7. The highest BCUT2D eigenvalue weighted by Gasteiger charge is 2.18. The predicted octanol–water partition coefficient (Wildman–Crippen LogP) is 4.77. The summed E-state index contributed by atoms with van der Waals surface area (Å²) in [5.41, 5.74) is 7.21. The number of nitrogens with one attached hydrogen (secondary N) is 2. The van der Waals surface area contributed by atoms with E-state index in [1.807, 2.05) is 45.0 Å². The topological polar surface area (TPSA) is 83.8 Å². The number of imidazole rings is 1. The molecule has 136 valence electrons. The molecule has 0 saturated carbocycles. The lowest BCUT2D eigenvalue weighted by molar-refractivity contribution is -0.114. The smallest absolute Gasteiger partial charge is 0.221 e. The van der Waals surface area contributed by atoms with E-state index in [-0.39, 0.29) is 5.91 Å². The largest absolute Gasteiger partial charge is 0.361 e. The summed E-state index contributed by atoms with van der Waals surface area (Å²) in [4.78, 5) is 19.6. The van der Waals surface area contributed by atoms with Gasteiger partial charge in [-0.3, -0.25) is 4.79 Å². The molecule has 4 rings (SSSR count). The molecule has 2 aromatic carbocycles.